The van der Waals surface area contributed by atoms with Crippen molar-refractivity contribution in [1.29, 1.82) is 0 Å². The van der Waals surface area contributed by atoms with Gasteiger partial charge in [0.1, 0.15) is 0 Å². The normalized spacial score (nSPS) is 18.0. The second-order valence-corrected chi connectivity index (χ2v) is 6.61. The van der Waals surface area contributed by atoms with Crippen LogP contribution in [0.4, 0.5) is 4.79 Å². The summed E-state index contributed by atoms with van der Waals surface area (Å²) in [7, 11) is 0. The van der Waals surface area contributed by atoms with E-state index in [1.165, 1.54) is 22.9 Å². The number of aryl methyl sites for hydroxylation is 1. The van der Waals surface area contributed by atoms with Crippen LogP contribution in [-0.4, -0.2) is 51.9 Å². The monoisotopic (exact) mass is 308 g/mol. The van der Waals surface area contributed by atoms with Crippen molar-refractivity contribution in [3.05, 3.63) is 35.4 Å². The molecule has 21 heavy (non-hydrogen) atoms. The molecule has 0 aromatic heterocycles. The summed E-state index contributed by atoms with van der Waals surface area (Å²) < 4.78 is 0. The first-order valence-corrected chi connectivity index (χ1v) is 8.47. The summed E-state index contributed by atoms with van der Waals surface area (Å²) in [5.41, 5.74) is 2.50. The molecule has 1 aliphatic rings. The Morgan fingerprint density at radius 2 is 2.00 bits per heavy atom. The van der Waals surface area contributed by atoms with Gasteiger partial charge in [0.05, 0.1) is 6.10 Å². The van der Waals surface area contributed by atoms with Gasteiger partial charge in [-0.05, 0) is 32.3 Å². The number of amides is 1. The molecule has 1 heterocycles. The van der Waals surface area contributed by atoms with E-state index in [0.29, 0.717) is 13.0 Å². The smallest absolute Gasteiger partial charge is 0.296 e. The van der Waals surface area contributed by atoms with Crippen LogP contribution in [0.5, 0.6) is 0 Å². The quantitative estimate of drug-likeness (QED) is 0.877. The number of aliphatic hydroxyl groups is 1. The minimum atomic E-state index is -0.325. The Bertz CT molecular complexity index is 462. The lowest BCUT2D eigenvalue weighted by Crippen LogP contribution is -2.51. The molecule has 0 spiro atoms. The van der Waals surface area contributed by atoms with E-state index >= 15 is 0 Å². The molecule has 0 radical (unpaired) electrons. The molecule has 1 unspecified atom stereocenters. The Labute approximate surface area is 131 Å². The van der Waals surface area contributed by atoms with Crippen LogP contribution < -0.4 is 0 Å². The Balaban J connectivity index is 1.92. The first-order valence-electron chi connectivity index (χ1n) is 7.49. The van der Waals surface area contributed by atoms with Crippen molar-refractivity contribution in [2.45, 2.75) is 32.8 Å². The van der Waals surface area contributed by atoms with E-state index < -0.39 is 0 Å². The summed E-state index contributed by atoms with van der Waals surface area (Å²) in [4.78, 5) is 12.1. The summed E-state index contributed by atoms with van der Waals surface area (Å²) in [6.07, 6.45) is 1.23. The van der Waals surface area contributed by atoms with E-state index in [-0.39, 0.29) is 11.3 Å². The van der Waals surface area contributed by atoms with E-state index in [0.717, 1.165) is 25.3 Å². The van der Waals surface area contributed by atoms with E-state index in [4.69, 9.17) is 0 Å². The van der Waals surface area contributed by atoms with Gasteiger partial charge < -0.3 is 5.11 Å². The Hall–Kier alpha value is -1.04. The molecule has 0 aliphatic carbocycles. The van der Waals surface area contributed by atoms with Crippen LogP contribution in [0.3, 0.4) is 0 Å². The van der Waals surface area contributed by atoms with E-state index in [2.05, 4.69) is 36.2 Å². The molecular weight excluding hydrogens is 284 g/mol. The Morgan fingerprint density at radius 1 is 1.29 bits per heavy atom. The van der Waals surface area contributed by atoms with Crippen LogP contribution in [0.2, 0.25) is 0 Å². The maximum absolute atomic E-state index is 12.1. The molecular formula is C16H24N2O2S. The van der Waals surface area contributed by atoms with Gasteiger partial charge in [-0.2, -0.15) is 0 Å². The van der Waals surface area contributed by atoms with Crippen molar-refractivity contribution in [2.75, 3.05) is 25.4 Å². The van der Waals surface area contributed by atoms with Crippen molar-refractivity contribution in [3.8, 4) is 0 Å². The minimum absolute atomic E-state index is 0.124. The van der Waals surface area contributed by atoms with Gasteiger partial charge in [-0.1, -0.05) is 41.6 Å². The predicted molar refractivity (Wildman–Crippen MR) is 87.3 cm³/mol. The molecule has 2 rings (SSSR count). The molecule has 5 heteroatoms. The first kappa shape index (κ1) is 16.3. The maximum Gasteiger partial charge on any atom is 0.296 e. The molecule has 1 N–H and O–H groups in total. The zero-order valence-electron chi connectivity index (χ0n) is 12.8. The van der Waals surface area contributed by atoms with Crippen LogP contribution in [-0.2, 0) is 6.42 Å². The van der Waals surface area contributed by atoms with Crippen molar-refractivity contribution in [2.24, 2.45) is 0 Å². The summed E-state index contributed by atoms with van der Waals surface area (Å²) in [6.45, 7) is 6.17. The second kappa shape index (κ2) is 7.82. The number of hydrazine groups is 1. The summed E-state index contributed by atoms with van der Waals surface area (Å²) >= 11 is 1.38. The second-order valence-electron chi connectivity index (χ2n) is 5.56. The van der Waals surface area contributed by atoms with Gasteiger partial charge in [0.25, 0.3) is 5.24 Å². The highest BCUT2D eigenvalue weighted by Gasteiger charge is 2.26. The lowest BCUT2D eigenvalue weighted by Gasteiger charge is -2.38. The lowest BCUT2D eigenvalue weighted by atomic mass is 10.1. The molecule has 1 atom stereocenters. The fourth-order valence-corrected chi connectivity index (χ4v) is 3.17. The van der Waals surface area contributed by atoms with Crippen molar-refractivity contribution in [1.82, 2.24) is 10.0 Å². The van der Waals surface area contributed by atoms with Gasteiger partial charge in [-0.25, -0.2) is 5.01 Å². The van der Waals surface area contributed by atoms with Gasteiger partial charge in [-0.15, -0.1) is 0 Å². The van der Waals surface area contributed by atoms with E-state index in [1.54, 1.807) is 6.92 Å². The summed E-state index contributed by atoms with van der Waals surface area (Å²) in [6, 6.07) is 8.45. The summed E-state index contributed by atoms with van der Waals surface area (Å²) in [5, 5.41) is 13.5. The van der Waals surface area contributed by atoms with Crippen molar-refractivity contribution >= 4 is 17.0 Å². The molecule has 1 aliphatic heterocycles. The highest BCUT2D eigenvalue weighted by atomic mass is 32.2. The highest BCUT2D eigenvalue weighted by Crippen LogP contribution is 2.19. The van der Waals surface area contributed by atoms with Crippen LogP contribution in [0, 0.1) is 6.92 Å². The number of hydrogen-bond donors (Lipinski definition) is 1. The zero-order chi connectivity index (χ0) is 15.2. The average Bonchev–Trinajstić information content (AvgIpc) is 2.46. The van der Waals surface area contributed by atoms with Crippen LogP contribution in [0.25, 0.3) is 0 Å². The molecule has 1 amide bonds. The fourth-order valence-electron chi connectivity index (χ4n) is 2.34. The molecule has 1 aromatic carbocycles. The van der Waals surface area contributed by atoms with Gasteiger partial charge in [0, 0.05) is 25.4 Å². The molecule has 1 saturated heterocycles. The van der Waals surface area contributed by atoms with Gasteiger partial charge in [0.2, 0.25) is 0 Å². The number of aliphatic hydroxyl groups excluding tert-OH is 1. The number of carbonyl (C=O) groups excluding carboxylic acids is 1. The third-order valence-electron chi connectivity index (χ3n) is 3.66. The highest BCUT2D eigenvalue weighted by molar-refractivity contribution is 8.13. The number of rotatable bonds is 6. The fraction of sp³-hybridized carbons (Fsp3) is 0.562. The molecule has 4 nitrogen and oxygen atoms in total. The lowest BCUT2D eigenvalue weighted by molar-refractivity contribution is 0.0165. The molecule has 0 saturated carbocycles. The van der Waals surface area contributed by atoms with Crippen LogP contribution >= 0.6 is 11.8 Å². The minimum Gasteiger partial charge on any atom is -0.393 e. The van der Waals surface area contributed by atoms with Gasteiger partial charge in [-0.3, -0.25) is 9.80 Å². The molecule has 116 valence electrons. The Kier molecular flexibility index (Phi) is 6.08. The predicted octanol–water partition coefficient (Wildman–Crippen LogP) is 2.69. The van der Waals surface area contributed by atoms with Crippen molar-refractivity contribution in [3.63, 3.8) is 0 Å². The number of nitrogens with zero attached hydrogens (tertiary/aromatic N) is 2. The largest absolute Gasteiger partial charge is 0.393 e. The van der Waals surface area contributed by atoms with E-state index in [1.807, 2.05) is 5.01 Å². The molecule has 1 fully saturated rings. The maximum atomic E-state index is 12.1. The van der Waals surface area contributed by atoms with Crippen molar-refractivity contribution < 1.29 is 9.90 Å². The van der Waals surface area contributed by atoms with Crippen LogP contribution in [0.15, 0.2) is 24.3 Å². The summed E-state index contributed by atoms with van der Waals surface area (Å²) in [5.74, 6) is 0.833. The zero-order valence-corrected chi connectivity index (χ0v) is 13.6. The number of carbonyl (C=O) groups is 1. The first-order chi connectivity index (χ1) is 10.1. The molecule has 1 aromatic rings. The number of hydrogen-bond acceptors (Lipinski definition) is 4. The third-order valence-corrected chi connectivity index (χ3v) is 4.51. The van der Waals surface area contributed by atoms with Crippen LogP contribution in [0.1, 0.15) is 24.5 Å². The van der Waals surface area contributed by atoms with Gasteiger partial charge >= 0.3 is 0 Å². The van der Waals surface area contributed by atoms with Gasteiger partial charge in [0.15, 0.2) is 0 Å². The number of benzene rings is 1. The standard InChI is InChI=1S/C16H24N2O2S/c1-13-3-5-15(6-4-13)8-10-18-16(20)21-12-11-17(18)9-7-14(2)19/h3-6,14,19H,7-12H2,1-2H3. The molecule has 0 bridgehead atoms. The van der Waals surface area contributed by atoms with E-state index in [9.17, 15) is 9.90 Å². The SMILES string of the molecule is Cc1ccc(CCN2C(=O)SCCN2CCC(C)O)cc1. The number of thioether (sulfide) groups is 1. The average molecular weight is 308 g/mol. The Morgan fingerprint density at radius 3 is 2.67 bits per heavy atom. The topological polar surface area (TPSA) is 43.8 Å². The third kappa shape index (κ3) is 5.02.